The molecule has 1 aromatic heterocycles. The molecule has 0 bridgehead atoms. The van der Waals surface area contributed by atoms with Gasteiger partial charge in [0.2, 0.25) is 35.4 Å². The summed E-state index contributed by atoms with van der Waals surface area (Å²) in [5, 5.41) is 6.96. The van der Waals surface area contributed by atoms with Gasteiger partial charge in [-0.25, -0.2) is 0 Å². The molecule has 11 atom stereocenters. The van der Waals surface area contributed by atoms with Crippen LogP contribution in [-0.4, -0.2) is 150 Å². The van der Waals surface area contributed by atoms with Gasteiger partial charge in [0.05, 0.1) is 42.7 Å². The highest BCUT2D eigenvalue weighted by atomic mass is 16.5. The van der Waals surface area contributed by atoms with Crippen LogP contribution in [0.4, 0.5) is 0 Å². The Bertz CT molecular complexity index is 2440. The van der Waals surface area contributed by atoms with E-state index in [0.29, 0.717) is 58.2 Å². The van der Waals surface area contributed by atoms with Gasteiger partial charge in [-0.1, -0.05) is 99.8 Å². The third kappa shape index (κ3) is 19.6. The average Bonchev–Trinajstić information content (AvgIpc) is 4.25. The number of aromatic amines is 1. The number of fused-ring (bicyclic) bond motifs is 1. The Balaban J connectivity index is 1.27. The Labute approximate surface area is 480 Å². The quantitative estimate of drug-likeness (QED) is 0.0264. The van der Waals surface area contributed by atoms with Crippen LogP contribution in [0.5, 0.6) is 0 Å². The van der Waals surface area contributed by atoms with E-state index in [1.807, 2.05) is 81.9 Å². The van der Waals surface area contributed by atoms with Crippen LogP contribution in [0, 0.1) is 41.4 Å². The van der Waals surface area contributed by atoms with E-state index in [0.717, 1.165) is 42.1 Å². The van der Waals surface area contributed by atoms with Crippen molar-refractivity contribution in [2.45, 2.75) is 189 Å². The molecule has 20 nitrogen and oxygen atoms in total. The zero-order valence-corrected chi connectivity index (χ0v) is 50.5. The first kappa shape index (κ1) is 67.5. The lowest BCUT2D eigenvalue weighted by Gasteiger charge is -2.37. The average molecular weight is 1130 g/mol. The number of rotatable bonds is 36. The number of nitrogens with two attached hydrogens (primary N) is 1. The fraction of sp³-hybridized carbons (Fsp3) is 0.689. The van der Waals surface area contributed by atoms with Crippen LogP contribution >= 0.6 is 0 Å². The van der Waals surface area contributed by atoms with E-state index in [1.165, 1.54) is 24.2 Å². The molecule has 1 aromatic carbocycles. The number of hydrogen-bond acceptors (Lipinski definition) is 12. The van der Waals surface area contributed by atoms with Crippen molar-refractivity contribution < 1.29 is 52.6 Å². The van der Waals surface area contributed by atoms with Crippen molar-refractivity contribution in [1.29, 1.82) is 0 Å². The number of imide groups is 1. The van der Waals surface area contributed by atoms with Gasteiger partial charge in [-0.2, -0.15) is 0 Å². The second-order valence-corrected chi connectivity index (χ2v) is 23.5. The first-order valence-electron chi connectivity index (χ1n) is 29.6. The van der Waals surface area contributed by atoms with Crippen LogP contribution < -0.4 is 27.2 Å². The number of amides is 8. The van der Waals surface area contributed by atoms with Crippen LogP contribution in [0.2, 0.25) is 0 Å². The van der Waals surface area contributed by atoms with Crippen molar-refractivity contribution in [3.05, 3.63) is 48.2 Å². The third-order valence-electron chi connectivity index (χ3n) is 17.0. The first-order chi connectivity index (χ1) is 38.4. The molecule has 81 heavy (non-hydrogen) atoms. The van der Waals surface area contributed by atoms with Crippen molar-refractivity contribution >= 4 is 63.9 Å². The first-order valence-corrected chi connectivity index (χ1v) is 29.6. The molecule has 8 amide bonds. The zero-order chi connectivity index (χ0) is 60.1. The fourth-order valence-electron chi connectivity index (χ4n) is 11.7. The van der Waals surface area contributed by atoms with E-state index in [2.05, 4.69) is 47.2 Å². The number of nitrogens with one attached hydrogen (secondary N) is 5. The smallest absolute Gasteiger partial charge is 0.253 e. The van der Waals surface area contributed by atoms with Gasteiger partial charge in [0, 0.05) is 81.7 Å². The minimum Gasteiger partial charge on any atom is -0.381 e. The summed E-state index contributed by atoms with van der Waals surface area (Å²) in [6.07, 6.45) is 10.5. The fourth-order valence-corrected chi connectivity index (χ4v) is 11.7. The minimum absolute atomic E-state index is 0.0504. The van der Waals surface area contributed by atoms with E-state index >= 15 is 0 Å². The molecule has 0 aliphatic carbocycles. The van der Waals surface area contributed by atoms with Gasteiger partial charge in [0.15, 0.2) is 5.78 Å². The summed E-state index contributed by atoms with van der Waals surface area (Å²) in [6, 6.07) is 5.12. The molecule has 0 spiro atoms. The van der Waals surface area contributed by atoms with Gasteiger partial charge < -0.3 is 35.7 Å². The number of aromatic nitrogens is 1. The summed E-state index contributed by atoms with van der Waals surface area (Å²) in [5.41, 5.74) is 12.5. The molecule has 452 valence electrons. The molecular weight excluding hydrogens is 1030 g/mol. The highest BCUT2D eigenvalue weighted by molar-refractivity contribution is 6.12. The minimum atomic E-state index is -0.961. The molecule has 0 saturated carbocycles. The molecule has 7 N–H and O–H groups in total. The zero-order valence-electron chi connectivity index (χ0n) is 50.5. The number of nitrogens with zero attached hydrogens (tertiary/aromatic N) is 3. The number of hydrazine groups is 1. The number of H-pyrrole nitrogens is 1. The Morgan fingerprint density at radius 2 is 1.41 bits per heavy atom. The summed E-state index contributed by atoms with van der Waals surface area (Å²) < 4.78 is 12.2. The number of likely N-dealkylation sites (tertiary alicyclic amines) is 1. The molecule has 11 unspecified atom stereocenters. The summed E-state index contributed by atoms with van der Waals surface area (Å²) in [6.45, 7) is 19.2. The van der Waals surface area contributed by atoms with E-state index in [9.17, 15) is 43.2 Å². The molecule has 1 fully saturated rings. The number of carbonyl (C=O) groups is 9. The number of likely N-dealkylation sites (N-methyl/N-ethyl adjacent to an activating group) is 1. The molecular formula is C61H97N9O11. The van der Waals surface area contributed by atoms with Crippen LogP contribution in [0.1, 0.15) is 151 Å². The number of ketones is 1. The standard InChI is InChI=1S/C61H97N9O11/c1-13-39(6)45(49(80-11)35-54(75)69-32-22-25-48(69)58(81-12)42(9)60(78)64-47(59(62)77)34-43-36-63-46-24-19-18-23-44(43)46)33-40(7)41(8)57(76)55(37(2)3)65-61(79)56(38(4)5)68(10)30-20-14-16-26-50(71)66-67-51(72)27-17-15-21-31-70-52(73)28-29-53(70)74/h18-19,23-24,28-29,36-42,45,47-49,55-56,58,63H,13-17,20-22,25-27,30-35H2,1-12H3,(H2,62,77)(H,64,78)(H,65,79)(H,66,71)(H,67,72). The lowest BCUT2D eigenvalue weighted by atomic mass is 9.74. The topological polar surface area (TPSA) is 272 Å². The van der Waals surface area contributed by atoms with Crippen LogP contribution in [0.25, 0.3) is 10.9 Å². The number of methoxy groups -OCH3 is 2. The monoisotopic (exact) mass is 1130 g/mol. The number of carbonyl (C=O) groups excluding carboxylic acids is 9. The maximum absolute atomic E-state index is 14.5. The number of Topliss-reactive ketones (excluding diaryl/α,β-unsaturated/α-hetero) is 1. The van der Waals surface area contributed by atoms with Gasteiger partial charge in [-0.05, 0) is 99.8 Å². The lowest BCUT2D eigenvalue weighted by Crippen LogP contribution is -2.55. The lowest BCUT2D eigenvalue weighted by molar-refractivity contribution is -0.143. The van der Waals surface area contributed by atoms with E-state index in [4.69, 9.17) is 15.2 Å². The predicted octanol–water partition coefficient (Wildman–Crippen LogP) is 5.91. The van der Waals surface area contributed by atoms with Crippen LogP contribution in [0.15, 0.2) is 42.6 Å². The van der Waals surface area contributed by atoms with Crippen molar-refractivity contribution in [3.8, 4) is 0 Å². The van der Waals surface area contributed by atoms with Crippen molar-refractivity contribution in [1.82, 2.24) is 41.2 Å². The predicted molar refractivity (Wildman–Crippen MR) is 311 cm³/mol. The number of ether oxygens (including phenoxy) is 2. The van der Waals surface area contributed by atoms with Gasteiger partial charge >= 0.3 is 0 Å². The molecule has 1 saturated heterocycles. The molecule has 20 heteroatoms. The summed E-state index contributed by atoms with van der Waals surface area (Å²) in [7, 11) is 5.06. The molecule has 2 aromatic rings. The van der Waals surface area contributed by atoms with Crippen molar-refractivity contribution in [2.24, 2.45) is 47.2 Å². The maximum atomic E-state index is 14.5. The van der Waals surface area contributed by atoms with Crippen LogP contribution in [-0.2, 0) is 59.0 Å². The van der Waals surface area contributed by atoms with Crippen molar-refractivity contribution in [3.63, 3.8) is 0 Å². The summed E-state index contributed by atoms with van der Waals surface area (Å²) in [4.78, 5) is 126. The normalized spacial score (nSPS) is 18.3. The Hall–Kier alpha value is -5.99. The van der Waals surface area contributed by atoms with E-state index < -0.39 is 60.0 Å². The SMILES string of the molecule is CCC(C)C(CC(C)C(C)C(=O)C(NC(=O)C(C(C)C)N(C)CCCCCC(=O)NNC(=O)CCCCCN1C(=O)C=CC1=O)C(C)C)C(CC(=O)N1CCCC1C(OC)C(C)C(=O)NC(Cc1c[nH]c2ccccc12)C(N)=O)OC. The second-order valence-electron chi connectivity index (χ2n) is 23.5. The van der Waals surface area contributed by atoms with Gasteiger partial charge in [0.1, 0.15) is 6.04 Å². The number of para-hydroxylation sites is 1. The molecule has 0 radical (unpaired) electrons. The van der Waals surface area contributed by atoms with E-state index in [1.54, 1.807) is 14.0 Å². The summed E-state index contributed by atoms with van der Waals surface area (Å²) in [5.74, 6) is -4.16. The third-order valence-corrected chi connectivity index (χ3v) is 17.0. The summed E-state index contributed by atoms with van der Waals surface area (Å²) >= 11 is 0. The molecule has 4 rings (SSSR count). The number of unbranched alkanes of at least 4 members (excludes halogenated alkanes) is 4. The molecule has 2 aliphatic heterocycles. The Morgan fingerprint density at radius 1 is 0.778 bits per heavy atom. The van der Waals surface area contributed by atoms with Crippen LogP contribution in [0.3, 0.4) is 0 Å². The molecule has 3 heterocycles. The molecule has 2 aliphatic rings. The van der Waals surface area contributed by atoms with Crippen molar-refractivity contribution in [2.75, 3.05) is 40.9 Å². The Kier molecular flexibility index (Phi) is 27.7. The van der Waals surface area contributed by atoms with Gasteiger partial charge in [-0.15, -0.1) is 0 Å². The highest BCUT2D eigenvalue weighted by Gasteiger charge is 2.43. The second kappa shape index (κ2) is 33.2. The van der Waals surface area contributed by atoms with Gasteiger partial charge in [0.25, 0.3) is 11.8 Å². The number of hydrogen-bond donors (Lipinski definition) is 6. The number of benzene rings is 1. The maximum Gasteiger partial charge on any atom is 0.253 e. The van der Waals surface area contributed by atoms with E-state index in [-0.39, 0.29) is 96.5 Å². The van der Waals surface area contributed by atoms with Gasteiger partial charge in [-0.3, -0.25) is 63.8 Å². The largest absolute Gasteiger partial charge is 0.381 e. The Morgan fingerprint density at radius 3 is 1.99 bits per heavy atom. The number of primary amides is 1. The highest BCUT2D eigenvalue weighted by Crippen LogP contribution is 2.35.